The summed E-state index contributed by atoms with van der Waals surface area (Å²) < 4.78 is 0. The average molecular weight is 288 g/mol. The third-order valence-corrected chi connectivity index (χ3v) is 7.71. The van der Waals surface area contributed by atoms with Crippen molar-refractivity contribution < 1.29 is 9.90 Å². The molecule has 0 amide bonds. The van der Waals surface area contributed by atoms with E-state index in [0.717, 1.165) is 43.9 Å². The summed E-state index contributed by atoms with van der Waals surface area (Å²) in [7, 11) is 0. The normalized spacial score (nSPS) is 52.7. The van der Waals surface area contributed by atoms with Crippen LogP contribution in [0.4, 0.5) is 0 Å². The van der Waals surface area contributed by atoms with Crippen molar-refractivity contribution in [2.24, 2.45) is 28.6 Å². The quantitative estimate of drug-likeness (QED) is 0.734. The van der Waals surface area contributed by atoms with Gasteiger partial charge in [-0.3, -0.25) is 4.79 Å². The molecule has 3 fully saturated rings. The molecule has 2 heteroatoms. The lowest BCUT2D eigenvalue weighted by Gasteiger charge is -2.57. The largest absolute Gasteiger partial charge is 0.393 e. The fraction of sp³-hybridized carbons (Fsp3) is 0.842. The summed E-state index contributed by atoms with van der Waals surface area (Å²) in [6.07, 6.45) is 10.7. The zero-order valence-corrected chi connectivity index (χ0v) is 13.4. The van der Waals surface area contributed by atoms with E-state index in [1.165, 1.54) is 24.8 Å². The first-order valence-electron chi connectivity index (χ1n) is 8.84. The molecule has 116 valence electrons. The fourth-order valence-corrected chi connectivity index (χ4v) is 6.58. The van der Waals surface area contributed by atoms with Gasteiger partial charge in [0, 0.05) is 6.42 Å². The smallest absolute Gasteiger partial charge is 0.155 e. The van der Waals surface area contributed by atoms with E-state index >= 15 is 0 Å². The first kappa shape index (κ1) is 14.0. The molecule has 4 aliphatic rings. The monoisotopic (exact) mass is 288 g/mol. The predicted molar refractivity (Wildman–Crippen MR) is 82.7 cm³/mol. The topological polar surface area (TPSA) is 37.3 Å². The second kappa shape index (κ2) is 4.44. The lowest BCUT2D eigenvalue weighted by molar-refractivity contribution is -0.117. The first-order valence-corrected chi connectivity index (χ1v) is 8.84. The van der Waals surface area contributed by atoms with Crippen LogP contribution >= 0.6 is 0 Å². The van der Waals surface area contributed by atoms with E-state index in [9.17, 15) is 9.90 Å². The van der Waals surface area contributed by atoms with Crippen molar-refractivity contribution >= 4 is 5.78 Å². The molecule has 0 aromatic rings. The Labute approximate surface area is 128 Å². The van der Waals surface area contributed by atoms with Gasteiger partial charge in [0.2, 0.25) is 0 Å². The standard InChI is InChI=1S/C19H28O2/c1-18-7-6-16-15(17(18)10-14(21)11-18)4-3-12-9-13(20)5-8-19(12,16)2/h9,14-17,21H,3-8,10-11H2,1-2H3/t14-,15+,16?,17?,18+,19-/m0/s1. The number of rotatable bonds is 0. The van der Waals surface area contributed by atoms with Crippen LogP contribution in [0.3, 0.4) is 0 Å². The zero-order valence-electron chi connectivity index (χ0n) is 13.4. The summed E-state index contributed by atoms with van der Waals surface area (Å²) in [6, 6.07) is 0. The van der Waals surface area contributed by atoms with Gasteiger partial charge < -0.3 is 5.11 Å². The number of carbonyl (C=O) groups excluding carboxylic acids is 1. The summed E-state index contributed by atoms with van der Waals surface area (Å²) in [6.45, 7) is 4.85. The van der Waals surface area contributed by atoms with Crippen molar-refractivity contribution in [1.29, 1.82) is 0 Å². The minimum Gasteiger partial charge on any atom is -0.393 e. The fourth-order valence-electron chi connectivity index (χ4n) is 6.58. The first-order chi connectivity index (χ1) is 9.92. The SMILES string of the molecule is C[C@]12CCC3[C@@H](CCC4=CC(=O)CC[C@@]43C)C1C[C@H](O)C2. The highest BCUT2D eigenvalue weighted by atomic mass is 16.3. The van der Waals surface area contributed by atoms with Crippen LogP contribution in [-0.4, -0.2) is 17.0 Å². The van der Waals surface area contributed by atoms with Gasteiger partial charge in [0.1, 0.15) is 0 Å². The molecular formula is C19H28O2. The van der Waals surface area contributed by atoms with Crippen LogP contribution < -0.4 is 0 Å². The Hall–Kier alpha value is -0.630. The van der Waals surface area contributed by atoms with Gasteiger partial charge in [-0.25, -0.2) is 0 Å². The summed E-state index contributed by atoms with van der Waals surface area (Å²) in [5.74, 6) is 2.57. The molecule has 2 unspecified atom stereocenters. The zero-order chi connectivity index (χ0) is 14.8. The Morgan fingerprint density at radius 3 is 2.76 bits per heavy atom. The third-order valence-electron chi connectivity index (χ3n) is 7.71. The van der Waals surface area contributed by atoms with Gasteiger partial charge >= 0.3 is 0 Å². The number of fused-ring (bicyclic) bond motifs is 5. The number of hydrogen-bond donors (Lipinski definition) is 1. The molecule has 3 saturated carbocycles. The van der Waals surface area contributed by atoms with Crippen molar-refractivity contribution in [2.75, 3.05) is 0 Å². The number of carbonyl (C=O) groups is 1. The molecule has 2 nitrogen and oxygen atoms in total. The molecule has 21 heavy (non-hydrogen) atoms. The second-order valence-corrected chi connectivity index (χ2v) is 8.76. The number of aliphatic hydroxyl groups is 1. The van der Waals surface area contributed by atoms with E-state index in [2.05, 4.69) is 13.8 Å². The van der Waals surface area contributed by atoms with Crippen molar-refractivity contribution in [2.45, 2.75) is 71.3 Å². The number of ketones is 1. The van der Waals surface area contributed by atoms with Crippen molar-refractivity contribution in [3.05, 3.63) is 11.6 Å². The lowest BCUT2D eigenvalue weighted by Crippen LogP contribution is -2.49. The maximum Gasteiger partial charge on any atom is 0.155 e. The Bertz CT molecular complexity index is 508. The highest BCUT2D eigenvalue weighted by molar-refractivity contribution is 5.91. The third kappa shape index (κ3) is 1.91. The van der Waals surface area contributed by atoms with E-state index < -0.39 is 0 Å². The summed E-state index contributed by atoms with van der Waals surface area (Å²) >= 11 is 0. The number of allylic oxidation sites excluding steroid dienone is 1. The van der Waals surface area contributed by atoms with Gasteiger partial charge in [-0.2, -0.15) is 0 Å². The van der Waals surface area contributed by atoms with Gasteiger partial charge in [-0.1, -0.05) is 19.4 Å². The maximum atomic E-state index is 11.8. The van der Waals surface area contributed by atoms with Crippen molar-refractivity contribution in [3.8, 4) is 0 Å². The molecule has 4 rings (SSSR count). The van der Waals surface area contributed by atoms with Crippen molar-refractivity contribution in [1.82, 2.24) is 0 Å². The van der Waals surface area contributed by atoms with Gasteiger partial charge in [0.05, 0.1) is 6.10 Å². The van der Waals surface area contributed by atoms with Gasteiger partial charge in [-0.05, 0) is 79.6 Å². The molecule has 4 aliphatic carbocycles. The van der Waals surface area contributed by atoms with Crippen LogP contribution in [0.25, 0.3) is 0 Å². The summed E-state index contributed by atoms with van der Waals surface area (Å²) in [5.41, 5.74) is 2.09. The highest BCUT2D eigenvalue weighted by Crippen LogP contribution is 2.65. The molecule has 0 saturated heterocycles. The van der Waals surface area contributed by atoms with E-state index in [-0.39, 0.29) is 11.5 Å². The summed E-state index contributed by atoms with van der Waals surface area (Å²) in [5, 5.41) is 10.2. The lowest BCUT2D eigenvalue weighted by atomic mass is 9.47. The number of hydrogen-bond acceptors (Lipinski definition) is 2. The minimum atomic E-state index is -0.0728. The Morgan fingerprint density at radius 1 is 1.14 bits per heavy atom. The van der Waals surface area contributed by atoms with Crippen LogP contribution in [-0.2, 0) is 4.79 Å². The molecule has 0 aromatic carbocycles. The Morgan fingerprint density at radius 2 is 1.95 bits per heavy atom. The van der Waals surface area contributed by atoms with Crippen molar-refractivity contribution in [3.63, 3.8) is 0 Å². The minimum absolute atomic E-state index is 0.0728. The van der Waals surface area contributed by atoms with Crippen LogP contribution in [0.1, 0.15) is 65.2 Å². The van der Waals surface area contributed by atoms with Gasteiger partial charge in [0.15, 0.2) is 5.78 Å². The number of aliphatic hydroxyl groups excluding tert-OH is 1. The maximum absolute atomic E-state index is 11.8. The van der Waals surface area contributed by atoms with Gasteiger partial charge in [-0.15, -0.1) is 0 Å². The molecule has 0 aliphatic heterocycles. The van der Waals surface area contributed by atoms with Crippen LogP contribution in [0.15, 0.2) is 11.6 Å². The molecule has 0 aromatic heterocycles. The van der Waals surface area contributed by atoms with Gasteiger partial charge in [0.25, 0.3) is 0 Å². The Kier molecular flexibility index (Phi) is 2.96. The Balaban J connectivity index is 1.68. The average Bonchev–Trinajstić information content (AvgIpc) is 2.74. The van der Waals surface area contributed by atoms with Crippen LogP contribution in [0.2, 0.25) is 0 Å². The molecule has 0 spiro atoms. The molecule has 0 radical (unpaired) electrons. The molecular weight excluding hydrogens is 260 g/mol. The molecule has 6 atom stereocenters. The molecule has 0 heterocycles. The highest BCUT2D eigenvalue weighted by Gasteiger charge is 2.57. The van der Waals surface area contributed by atoms with Crippen LogP contribution in [0, 0.1) is 28.6 Å². The van der Waals surface area contributed by atoms with E-state index in [1.54, 1.807) is 0 Å². The molecule has 0 bridgehead atoms. The van der Waals surface area contributed by atoms with E-state index in [0.29, 0.717) is 17.1 Å². The van der Waals surface area contributed by atoms with E-state index in [4.69, 9.17) is 0 Å². The molecule has 1 N–H and O–H groups in total. The summed E-state index contributed by atoms with van der Waals surface area (Å²) in [4.78, 5) is 11.8. The second-order valence-electron chi connectivity index (χ2n) is 8.76. The van der Waals surface area contributed by atoms with E-state index in [1.807, 2.05) is 6.08 Å². The van der Waals surface area contributed by atoms with Crippen LogP contribution in [0.5, 0.6) is 0 Å². The predicted octanol–water partition coefficient (Wildman–Crippen LogP) is 3.88.